The quantitative estimate of drug-likeness (QED) is 0.906. The van der Waals surface area contributed by atoms with Gasteiger partial charge in [-0.2, -0.15) is 5.10 Å². The van der Waals surface area contributed by atoms with E-state index >= 15 is 0 Å². The maximum absolute atomic E-state index is 12.7. The fraction of sp³-hybridized carbons (Fsp3) is 0.471. The number of hydrogen-bond acceptors (Lipinski definition) is 4. The molecule has 1 unspecified atom stereocenters. The van der Waals surface area contributed by atoms with E-state index in [0.717, 1.165) is 44.7 Å². The topological polar surface area (TPSA) is 79.9 Å². The molecule has 2 heterocycles. The van der Waals surface area contributed by atoms with Crippen molar-refractivity contribution in [2.75, 3.05) is 13.2 Å². The second-order valence-electron chi connectivity index (χ2n) is 6.41. The van der Waals surface area contributed by atoms with Crippen LogP contribution >= 0.6 is 0 Å². The normalized spacial score (nSPS) is 22.5. The maximum atomic E-state index is 12.7. The van der Waals surface area contributed by atoms with Gasteiger partial charge in [0, 0.05) is 18.1 Å². The third-order valence-electron chi connectivity index (χ3n) is 4.98. The fourth-order valence-electron chi connectivity index (χ4n) is 3.41. The highest BCUT2D eigenvalue weighted by atomic mass is 16.5. The molecule has 23 heavy (non-hydrogen) atoms. The van der Waals surface area contributed by atoms with Gasteiger partial charge < -0.3 is 10.1 Å². The minimum absolute atomic E-state index is 0.0538. The Kier molecular flexibility index (Phi) is 3.61. The van der Waals surface area contributed by atoms with E-state index in [-0.39, 0.29) is 11.4 Å². The molecule has 0 radical (unpaired) electrons. The lowest BCUT2D eigenvalue weighted by Gasteiger charge is -2.40. The van der Waals surface area contributed by atoms with Crippen molar-refractivity contribution in [1.82, 2.24) is 20.5 Å². The Morgan fingerprint density at radius 3 is 2.96 bits per heavy atom. The predicted octanol–water partition coefficient (Wildman–Crippen LogP) is 2.12. The molecule has 2 aromatic rings. The number of H-pyrrole nitrogens is 1. The smallest absolute Gasteiger partial charge is 0.252 e. The van der Waals surface area contributed by atoms with Crippen molar-refractivity contribution < 1.29 is 9.53 Å². The molecule has 1 atom stereocenters. The molecule has 1 amide bonds. The third kappa shape index (κ3) is 2.63. The van der Waals surface area contributed by atoms with Gasteiger partial charge in [0.25, 0.3) is 5.91 Å². The van der Waals surface area contributed by atoms with E-state index in [1.165, 1.54) is 11.9 Å². The van der Waals surface area contributed by atoms with E-state index in [4.69, 9.17) is 4.74 Å². The van der Waals surface area contributed by atoms with Gasteiger partial charge in [0.05, 0.1) is 12.1 Å². The number of ether oxygens (including phenoxy) is 1. The van der Waals surface area contributed by atoms with Crippen LogP contribution in [0, 0.1) is 0 Å². The van der Waals surface area contributed by atoms with Crippen molar-refractivity contribution in [3.05, 3.63) is 47.5 Å². The van der Waals surface area contributed by atoms with Gasteiger partial charge in [-0.3, -0.25) is 9.89 Å². The molecule has 1 aromatic heterocycles. The fourth-order valence-corrected chi connectivity index (χ4v) is 3.41. The number of amides is 1. The largest absolute Gasteiger partial charge is 0.381 e. The average Bonchev–Trinajstić information content (AvgIpc) is 3.24. The Morgan fingerprint density at radius 2 is 2.30 bits per heavy atom. The molecule has 1 aliphatic carbocycles. The molecule has 2 N–H and O–H groups in total. The number of aromatic amines is 1. The van der Waals surface area contributed by atoms with Crippen molar-refractivity contribution in [2.24, 2.45) is 0 Å². The minimum Gasteiger partial charge on any atom is -0.381 e. The molecule has 2 fully saturated rings. The second kappa shape index (κ2) is 5.77. The number of benzene rings is 1. The van der Waals surface area contributed by atoms with Gasteiger partial charge in [-0.15, -0.1) is 0 Å². The van der Waals surface area contributed by atoms with Gasteiger partial charge in [-0.1, -0.05) is 12.1 Å². The molecule has 0 spiro atoms. The van der Waals surface area contributed by atoms with Crippen molar-refractivity contribution in [1.29, 1.82) is 0 Å². The Morgan fingerprint density at radius 1 is 1.39 bits per heavy atom. The predicted molar refractivity (Wildman–Crippen MR) is 84.0 cm³/mol. The van der Waals surface area contributed by atoms with Gasteiger partial charge in [-0.25, -0.2) is 4.98 Å². The average molecular weight is 312 g/mol. The van der Waals surface area contributed by atoms with Crippen molar-refractivity contribution in [2.45, 2.75) is 37.1 Å². The first kappa shape index (κ1) is 14.4. The number of rotatable bonds is 4. The van der Waals surface area contributed by atoms with Gasteiger partial charge >= 0.3 is 0 Å². The maximum Gasteiger partial charge on any atom is 0.252 e. The van der Waals surface area contributed by atoms with Crippen LogP contribution < -0.4 is 5.32 Å². The third-order valence-corrected chi connectivity index (χ3v) is 4.98. The van der Waals surface area contributed by atoms with E-state index in [1.54, 1.807) is 0 Å². The summed E-state index contributed by atoms with van der Waals surface area (Å²) in [5.41, 5.74) is 1.48. The first-order chi connectivity index (χ1) is 11.3. The first-order valence-corrected chi connectivity index (χ1v) is 8.13. The van der Waals surface area contributed by atoms with E-state index in [2.05, 4.69) is 26.6 Å². The summed E-state index contributed by atoms with van der Waals surface area (Å²) in [5.74, 6) is 1.09. The Balaban J connectivity index is 1.54. The minimum atomic E-state index is -0.389. The van der Waals surface area contributed by atoms with Gasteiger partial charge in [0.15, 0.2) is 0 Å². The molecule has 4 rings (SSSR count). The summed E-state index contributed by atoms with van der Waals surface area (Å²) in [6.07, 6.45) is 5.38. The van der Waals surface area contributed by atoms with E-state index in [1.807, 2.05) is 18.2 Å². The number of aromatic nitrogens is 3. The zero-order chi connectivity index (χ0) is 15.7. The summed E-state index contributed by atoms with van der Waals surface area (Å²) >= 11 is 0. The lowest BCUT2D eigenvalue weighted by Crippen LogP contribution is -2.51. The van der Waals surface area contributed by atoms with Crippen LogP contribution in [0.5, 0.6) is 0 Å². The Labute approximate surface area is 134 Å². The summed E-state index contributed by atoms with van der Waals surface area (Å²) in [4.78, 5) is 17.0. The molecule has 2 aliphatic rings. The second-order valence-corrected chi connectivity index (χ2v) is 6.41. The number of nitrogens with one attached hydrogen (secondary N) is 2. The molecular formula is C17H20N4O2. The summed E-state index contributed by atoms with van der Waals surface area (Å²) in [6, 6.07) is 7.87. The lowest BCUT2D eigenvalue weighted by atomic mass is 9.76. The zero-order valence-corrected chi connectivity index (χ0v) is 12.9. The van der Waals surface area contributed by atoms with Crippen LogP contribution in [-0.4, -0.2) is 34.3 Å². The monoisotopic (exact) mass is 312 g/mol. The Hall–Kier alpha value is -2.21. The van der Waals surface area contributed by atoms with Crippen LogP contribution in [0.4, 0.5) is 0 Å². The van der Waals surface area contributed by atoms with Crippen molar-refractivity contribution in [3.8, 4) is 0 Å². The van der Waals surface area contributed by atoms with Crippen LogP contribution in [0.1, 0.15) is 53.3 Å². The van der Waals surface area contributed by atoms with Crippen molar-refractivity contribution in [3.63, 3.8) is 0 Å². The highest BCUT2D eigenvalue weighted by Crippen LogP contribution is 2.39. The SMILES string of the molecule is O=C(NC1(c2ncn[nH]2)CCC1)c1cccc(C2CCOC2)c1. The van der Waals surface area contributed by atoms with E-state index in [9.17, 15) is 4.79 Å². The van der Waals surface area contributed by atoms with Gasteiger partial charge in [-0.05, 0) is 43.4 Å². The number of nitrogens with zero attached hydrogens (tertiary/aromatic N) is 2. The number of hydrogen-bond donors (Lipinski definition) is 2. The van der Waals surface area contributed by atoms with Crippen LogP contribution in [0.2, 0.25) is 0 Å². The first-order valence-electron chi connectivity index (χ1n) is 8.13. The molecule has 6 nitrogen and oxygen atoms in total. The molecular weight excluding hydrogens is 292 g/mol. The summed E-state index contributed by atoms with van der Waals surface area (Å²) in [7, 11) is 0. The van der Waals surface area contributed by atoms with E-state index in [0.29, 0.717) is 11.5 Å². The summed E-state index contributed by atoms with van der Waals surface area (Å²) in [5, 5.41) is 9.98. The number of carbonyl (C=O) groups is 1. The van der Waals surface area contributed by atoms with E-state index < -0.39 is 0 Å². The molecule has 1 saturated carbocycles. The van der Waals surface area contributed by atoms with Gasteiger partial charge in [0.1, 0.15) is 12.2 Å². The Bertz CT molecular complexity index is 688. The molecule has 1 aromatic carbocycles. The van der Waals surface area contributed by atoms with Crippen LogP contribution in [0.3, 0.4) is 0 Å². The molecule has 6 heteroatoms. The summed E-state index contributed by atoms with van der Waals surface area (Å²) in [6.45, 7) is 1.54. The summed E-state index contributed by atoms with van der Waals surface area (Å²) < 4.78 is 5.45. The zero-order valence-electron chi connectivity index (χ0n) is 12.9. The highest BCUT2D eigenvalue weighted by molar-refractivity contribution is 5.95. The molecule has 1 saturated heterocycles. The van der Waals surface area contributed by atoms with Crippen LogP contribution in [-0.2, 0) is 10.3 Å². The van der Waals surface area contributed by atoms with Crippen molar-refractivity contribution >= 4 is 5.91 Å². The lowest BCUT2D eigenvalue weighted by molar-refractivity contribution is 0.0809. The highest BCUT2D eigenvalue weighted by Gasteiger charge is 2.42. The molecule has 1 aliphatic heterocycles. The van der Waals surface area contributed by atoms with Gasteiger partial charge in [0.2, 0.25) is 0 Å². The number of carbonyl (C=O) groups excluding carboxylic acids is 1. The standard InChI is InChI=1S/C17H20N4O2/c22-15(20-17(6-2-7-17)16-18-11-19-21-16)13-4-1-3-12(9-13)14-5-8-23-10-14/h1,3-4,9,11,14H,2,5-8,10H2,(H,20,22)(H,18,19,21). The van der Waals surface area contributed by atoms with Crippen LogP contribution in [0.25, 0.3) is 0 Å². The van der Waals surface area contributed by atoms with Crippen LogP contribution in [0.15, 0.2) is 30.6 Å². The molecule has 0 bridgehead atoms. The molecule has 120 valence electrons.